The van der Waals surface area contributed by atoms with Crippen LogP contribution < -0.4 is 0 Å². The van der Waals surface area contributed by atoms with Gasteiger partial charge in [-0.3, -0.25) is 0 Å². The van der Waals surface area contributed by atoms with Gasteiger partial charge >= 0.3 is 0 Å². The Balaban J connectivity index is 1.98. The third kappa shape index (κ3) is 3.53. The van der Waals surface area contributed by atoms with E-state index in [4.69, 9.17) is 13.9 Å². The molecule has 100 valence electrons. The number of epoxide rings is 1. The fourth-order valence-corrected chi connectivity index (χ4v) is 5.26. The maximum Gasteiger partial charge on any atom is 0.190 e. The van der Waals surface area contributed by atoms with E-state index in [1.165, 1.54) is 25.3 Å². The largest absolute Gasteiger partial charge is 0.390 e. The molecule has 0 spiro atoms. The molecule has 4 heteroatoms. The number of rotatable bonds is 5. The Morgan fingerprint density at radius 3 is 2.71 bits per heavy atom. The van der Waals surface area contributed by atoms with Crippen LogP contribution in [0.5, 0.6) is 0 Å². The third-order valence-electron chi connectivity index (χ3n) is 3.91. The van der Waals surface area contributed by atoms with Crippen molar-refractivity contribution in [3.8, 4) is 0 Å². The lowest BCUT2D eigenvalue weighted by Gasteiger charge is -2.47. The molecule has 0 aromatic carbocycles. The van der Waals surface area contributed by atoms with Gasteiger partial charge in [-0.2, -0.15) is 0 Å². The van der Waals surface area contributed by atoms with Crippen LogP contribution in [-0.4, -0.2) is 33.4 Å². The summed E-state index contributed by atoms with van der Waals surface area (Å²) >= 11 is 0. The van der Waals surface area contributed by atoms with E-state index >= 15 is 0 Å². The Bertz CT molecular complexity index is 265. The zero-order valence-electron chi connectivity index (χ0n) is 11.6. The summed E-state index contributed by atoms with van der Waals surface area (Å²) in [7, 11) is -1.51. The maximum atomic E-state index is 6.37. The quantitative estimate of drug-likeness (QED) is 0.560. The lowest BCUT2D eigenvalue weighted by Crippen LogP contribution is -2.53. The Hall–Kier alpha value is 0.0969. The monoisotopic (exact) mass is 258 g/mol. The van der Waals surface area contributed by atoms with Crippen molar-refractivity contribution in [2.75, 3.05) is 13.2 Å². The molecular formula is C13H26O3Si. The van der Waals surface area contributed by atoms with Crippen LogP contribution in [0.25, 0.3) is 0 Å². The highest BCUT2D eigenvalue weighted by Crippen LogP contribution is 2.41. The van der Waals surface area contributed by atoms with Gasteiger partial charge in [0.1, 0.15) is 6.10 Å². The summed E-state index contributed by atoms with van der Waals surface area (Å²) in [4.78, 5) is 0. The molecule has 0 radical (unpaired) electrons. The van der Waals surface area contributed by atoms with Crippen LogP contribution in [0.15, 0.2) is 0 Å². The SMILES string of the molecule is CCCC1CC[Si](C)(C)OC1(C)OCC1CO1. The van der Waals surface area contributed by atoms with Gasteiger partial charge in [0.05, 0.1) is 13.2 Å². The minimum Gasteiger partial charge on any atom is -0.390 e. The lowest BCUT2D eigenvalue weighted by atomic mass is 9.92. The summed E-state index contributed by atoms with van der Waals surface area (Å²) in [6.07, 6.45) is 3.99. The van der Waals surface area contributed by atoms with E-state index in [0.29, 0.717) is 18.6 Å². The van der Waals surface area contributed by atoms with Gasteiger partial charge in [0, 0.05) is 5.92 Å². The lowest BCUT2D eigenvalue weighted by molar-refractivity contribution is -0.223. The number of hydrogen-bond donors (Lipinski definition) is 0. The molecule has 0 saturated carbocycles. The maximum absolute atomic E-state index is 6.37. The highest BCUT2D eigenvalue weighted by atomic mass is 28.4. The molecule has 2 aliphatic heterocycles. The van der Waals surface area contributed by atoms with Gasteiger partial charge in [0.25, 0.3) is 0 Å². The van der Waals surface area contributed by atoms with Gasteiger partial charge in [-0.05, 0) is 38.9 Å². The van der Waals surface area contributed by atoms with Crippen LogP contribution >= 0.6 is 0 Å². The van der Waals surface area contributed by atoms with Crippen molar-refractivity contribution >= 4 is 8.32 Å². The minimum absolute atomic E-state index is 0.324. The van der Waals surface area contributed by atoms with E-state index in [2.05, 4.69) is 26.9 Å². The zero-order chi connectivity index (χ0) is 12.5. The average Bonchev–Trinajstić information content (AvgIpc) is 3.03. The van der Waals surface area contributed by atoms with Crippen molar-refractivity contribution in [1.82, 2.24) is 0 Å². The molecule has 0 bridgehead atoms. The molecule has 3 unspecified atom stereocenters. The molecule has 0 N–H and O–H groups in total. The van der Waals surface area contributed by atoms with E-state index in [0.717, 1.165) is 6.61 Å². The molecule has 0 aromatic rings. The summed E-state index contributed by atoms with van der Waals surface area (Å²) < 4.78 is 17.7. The summed E-state index contributed by atoms with van der Waals surface area (Å²) in [5, 5.41) is 0. The van der Waals surface area contributed by atoms with Gasteiger partial charge in [-0.25, -0.2) is 0 Å². The molecule has 3 nitrogen and oxygen atoms in total. The average molecular weight is 258 g/mol. The summed E-state index contributed by atoms with van der Waals surface area (Å²) in [5.74, 6) is 0.183. The number of ether oxygens (including phenoxy) is 2. The molecule has 2 aliphatic rings. The van der Waals surface area contributed by atoms with E-state index < -0.39 is 8.32 Å². The first-order valence-electron chi connectivity index (χ1n) is 6.91. The van der Waals surface area contributed by atoms with Crippen LogP contribution in [0.1, 0.15) is 33.1 Å². The van der Waals surface area contributed by atoms with Crippen molar-refractivity contribution < 1.29 is 13.9 Å². The van der Waals surface area contributed by atoms with Gasteiger partial charge < -0.3 is 13.9 Å². The molecule has 2 heterocycles. The van der Waals surface area contributed by atoms with Crippen LogP contribution in [0, 0.1) is 5.92 Å². The van der Waals surface area contributed by atoms with E-state index in [9.17, 15) is 0 Å². The zero-order valence-corrected chi connectivity index (χ0v) is 12.6. The standard InChI is InChI=1S/C13H26O3Si/c1-5-6-11-7-8-17(3,4)16-13(11,2)15-10-12-9-14-12/h11-12H,5-10H2,1-4H3. The molecule has 3 atom stereocenters. The second kappa shape index (κ2) is 5.00. The summed E-state index contributed by atoms with van der Waals surface area (Å²) in [5.41, 5.74) is 0. The first-order chi connectivity index (χ1) is 7.95. The van der Waals surface area contributed by atoms with E-state index in [-0.39, 0.29) is 5.79 Å². The van der Waals surface area contributed by atoms with Crippen LogP contribution in [0.2, 0.25) is 19.1 Å². The first-order valence-corrected chi connectivity index (χ1v) is 10.0. The molecular weight excluding hydrogens is 232 g/mol. The Labute approximate surface area is 106 Å². The third-order valence-corrected chi connectivity index (χ3v) is 6.36. The Morgan fingerprint density at radius 1 is 1.41 bits per heavy atom. The predicted molar refractivity (Wildman–Crippen MR) is 70.5 cm³/mol. The second-order valence-corrected chi connectivity index (χ2v) is 10.4. The summed E-state index contributed by atoms with van der Waals surface area (Å²) in [6.45, 7) is 10.5. The predicted octanol–water partition coefficient (Wildman–Crippen LogP) is 3.16. The Morgan fingerprint density at radius 2 is 2.12 bits per heavy atom. The van der Waals surface area contributed by atoms with Gasteiger partial charge in [-0.1, -0.05) is 13.3 Å². The fourth-order valence-electron chi connectivity index (χ4n) is 2.79. The van der Waals surface area contributed by atoms with Crippen LogP contribution in [0.4, 0.5) is 0 Å². The molecule has 0 amide bonds. The minimum atomic E-state index is -1.51. The van der Waals surface area contributed by atoms with Crippen molar-refractivity contribution in [1.29, 1.82) is 0 Å². The highest BCUT2D eigenvalue weighted by Gasteiger charge is 2.46. The topological polar surface area (TPSA) is 31.0 Å². The van der Waals surface area contributed by atoms with Crippen LogP contribution in [-0.2, 0) is 13.9 Å². The van der Waals surface area contributed by atoms with Crippen molar-refractivity contribution in [3.05, 3.63) is 0 Å². The van der Waals surface area contributed by atoms with Crippen LogP contribution in [0.3, 0.4) is 0 Å². The molecule has 17 heavy (non-hydrogen) atoms. The number of hydrogen-bond acceptors (Lipinski definition) is 3. The van der Waals surface area contributed by atoms with E-state index in [1.807, 2.05) is 0 Å². The second-order valence-electron chi connectivity index (χ2n) is 6.17. The van der Waals surface area contributed by atoms with Crippen molar-refractivity contribution in [2.24, 2.45) is 5.92 Å². The van der Waals surface area contributed by atoms with Gasteiger partial charge in [0.15, 0.2) is 14.1 Å². The molecule has 2 fully saturated rings. The highest BCUT2D eigenvalue weighted by molar-refractivity contribution is 6.71. The Kier molecular flexibility index (Phi) is 3.98. The van der Waals surface area contributed by atoms with Gasteiger partial charge in [0.2, 0.25) is 0 Å². The van der Waals surface area contributed by atoms with Gasteiger partial charge in [-0.15, -0.1) is 0 Å². The molecule has 2 rings (SSSR count). The smallest absolute Gasteiger partial charge is 0.190 e. The van der Waals surface area contributed by atoms with Crippen molar-refractivity contribution in [3.63, 3.8) is 0 Å². The fraction of sp³-hybridized carbons (Fsp3) is 1.00. The van der Waals surface area contributed by atoms with E-state index in [1.54, 1.807) is 0 Å². The first kappa shape index (κ1) is 13.5. The normalized spacial score (nSPS) is 40.2. The van der Waals surface area contributed by atoms with Crippen molar-refractivity contribution in [2.45, 2.75) is 64.1 Å². The molecule has 2 saturated heterocycles. The molecule has 0 aromatic heterocycles. The molecule has 0 aliphatic carbocycles. The summed E-state index contributed by atoms with van der Waals surface area (Å²) in [6, 6.07) is 1.26.